The van der Waals surface area contributed by atoms with Gasteiger partial charge in [0.25, 0.3) is 0 Å². The van der Waals surface area contributed by atoms with Crippen LogP contribution in [-0.2, 0) is 0 Å². The summed E-state index contributed by atoms with van der Waals surface area (Å²) in [5.74, 6) is -0.127. The summed E-state index contributed by atoms with van der Waals surface area (Å²) < 4.78 is 0. The second-order valence-corrected chi connectivity index (χ2v) is 5.41. The summed E-state index contributed by atoms with van der Waals surface area (Å²) in [4.78, 5) is 29.3. The number of nitriles is 2. The Labute approximate surface area is 147 Å². The number of rotatable bonds is 2. The molecule has 4 rings (SSSR count). The van der Waals surface area contributed by atoms with E-state index < -0.39 is 0 Å². The summed E-state index contributed by atoms with van der Waals surface area (Å²) in [6.45, 7) is 0. The zero-order chi connectivity index (χ0) is 18.1. The van der Waals surface area contributed by atoms with E-state index in [1.54, 1.807) is 42.5 Å². The molecule has 7 nitrogen and oxygen atoms in total. The van der Waals surface area contributed by atoms with Crippen molar-refractivity contribution in [3.8, 4) is 12.1 Å². The summed E-state index contributed by atoms with van der Waals surface area (Å²) in [5, 5.41) is 18.1. The van der Waals surface area contributed by atoms with Crippen molar-refractivity contribution in [2.24, 2.45) is 0 Å². The lowest BCUT2D eigenvalue weighted by molar-refractivity contribution is 0.103. The van der Waals surface area contributed by atoms with E-state index in [0.29, 0.717) is 22.2 Å². The van der Waals surface area contributed by atoms with Crippen LogP contribution in [-0.4, -0.2) is 25.7 Å². The van der Waals surface area contributed by atoms with Gasteiger partial charge in [-0.05, 0) is 18.2 Å². The van der Waals surface area contributed by atoms with E-state index in [2.05, 4.69) is 19.9 Å². The molecule has 0 amide bonds. The molecule has 0 aliphatic heterocycles. The lowest BCUT2D eigenvalue weighted by atomic mass is 10.0. The van der Waals surface area contributed by atoms with E-state index in [4.69, 9.17) is 10.5 Å². The Morgan fingerprint density at radius 2 is 1.35 bits per heavy atom. The van der Waals surface area contributed by atoms with Crippen molar-refractivity contribution in [3.05, 3.63) is 71.0 Å². The Hall–Kier alpha value is -4.23. The maximum absolute atomic E-state index is 12.6. The molecule has 120 valence electrons. The Morgan fingerprint density at radius 1 is 0.731 bits per heavy atom. The van der Waals surface area contributed by atoms with Crippen molar-refractivity contribution in [2.75, 3.05) is 0 Å². The van der Waals surface area contributed by atoms with Crippen LogP contribution in [0.5, 0.6) is 0 Å². The van der Waals surface area contributed by atoms with Crippen LogP contribution in [0.3, 0.4) is 0 Å². The standard InChI is InChI=1S/C19H8N6O/c20-9-15-16(10-21)25-19-18(24-15)22-13-7-6-12(8-14(13)23-19)17(26)11-4-2-1-3-5-11/h1-8H. The molecule has 2 heterocycles. The molecule has 0 radical (unpaired) electrons. The minimum atomic E-state index is -0.127. The van der Waals surface area contributed by atoms with Crippen molar-refractivity contribution in [1.29, 1.82) is 10.5 Å². The third-order valence-corrected chi connectivity index (χ3v) is 3.80. The summed E-state index contributed by atoms with van der Waals surface area (Å²) in [6, 6.07) is 17.5. The maximum Gasteiger partial charge on any atom is 0.199 e. The van der Waals surface area contributed by atoms with E-state index in [0.717, 1.165) is 0 Å². The fraction of sp³-hybridized carbons (Fsp3) is 0. The summed E-state index contributed by atoms with van der Waals surface area (Å²) in [7, 11) is 0. The first-order valence-corrected chi connectivity index (χ1v) is 7.59. The normalized spacial score (nSPS) is 10.4. The van der Waals surface area contributed by atoms with E-state index >= 15 is 0 Å². The lowest BCUT2D eigenvalue weighted by Crippen LogP contribution is -2.03. The van der Waals surface area contributed by atoms with E-state index in [9.17, 15) is 4.79 Å². The van der Waals surface area contributed by atoms with Crippen LogP contribution >= 0.6 is 0 Å². The smallest absolute Gasteiger partial charge is 0.199 e. The minimum absolute atomic E-state index is 0.0930. The van der Waals surface area contributed by atoms with Gasteiger partial charge in [0.1, 0.15) is 12.1 Å². The number of carbonyl (C=O) groups excluding carboxylic acids is 1. The molecule has 7 heteroatoms. The first-order valence-electron chi connectivity index (χ1n) is 7.59. The van der Waals surface area contributed by atoms with Gasteiger partial charge in [-0.1, -0.05) is 30.3 Å². The molecule has 0 atom stereocenters. The summed E-state index contributed by atoms with van der Waals surface area (Å²) >= 11 is 0. The van der Waals surface area contributed by atoms with Crippen LogP contribution in [0, 0.1) is 22.7 Å². The monoisotopic (exact) mass is 336 g/mol. The van der Waals surface area contributed by atoms with Crippen molar-refractivity contribution in [1.82, 2.24) is 19.9 Å². The molecule has 0 fully saturated rings. The molecule has 2 aromatic heterocycles. The highest BCUT2D eigenvalue weighted by atomic mass is 16.1. The van der Waals surface area contributed by atoms with Crippen LogP contribution in [0.2, 0.25) is 0 Å². The molecule has 2 aromatic carbocycles. The van der Waals surface area contributed by atoms with Gasteiger partial charge in [-0.15, -0.1) is 0 Å². The highest BCUT2D eigenvalue weighted by molar-refractivity contribution is 6.10. The Bertz CT molecular complexity index is 1270. The lowest BCUT2D eigenvalue weighted by Gasteiger charge is -2.04. The highest BCUT2D eigenvalue weighted by Gasteiger charge is 2.13. The van der Waals surface area contributed by atoms with Gasteiger partial charge in [-0.3, -0.25) is 4.79 Å². The molecule has 0 saturated heterocycles. The molecule has 0 spiro atoms. The average molecular weight is 336 g/mol. The number of nitrogens with zero attached hydrogens (tertiary/aromatic N) is 6. The molecule has 0 aliphatic rings. The SMILES string of the molecule is N#Cc1nc2nc3ccc(C(=O)c4ccccc4)cc3nc2nc1C#N. The number of aromatic nitrogens is 4. The van der Waals surface area contributed by atoms with Gasteiger partial charge in [0.2, 0.25) is 0 Å². The molecule has 0 saturated carbocycles. The van der Waals surface area contributed by atoms with Gasteiger partial charge in [-0.2, -0.15) is 10.5 Å². The van der Waals surface area contributed by atoms with E-state index in [-0.39, 0.29) is 28.5 Å². The van der Waals surface area contributed by atoms with Crippen LogP contribution in [0.15, 0.2) is 48.5 Å². The molecule has 26 heavy (non-hydrogen) atoms. The topological polar surface area (TPSA) is 116 Å². The minimum Gasteiger partial charge on any atom is -0.289 e. The number of hydrogen-bond acceptors (Lipinski definition) is 7. The number of benzene rings is 2. The first-order chi connectivity index (χ1) is 12.7. The molecular formula is C19H8N6O. The predicted octanol–water partition coefficient (Wildman–Crippen LogP) is 2.55. The number of ketones is 1. The Balaban J connectivity index is 1.88. The van der Waals surface area contributed by atoms with Crippen molar-refractivity contribution in [2.45, 2.75) is 0 Å². The molecule has 0 aliphatic carbocycles. The fourth-order valence-corrected chi connectivity index (χ4v) is 2.56. The first kappa shape index (κ1) is 15.3. The van der Waals surface area contributed by atoms with Crippen LogP contribution < -0.4 is 0 Å². The molecule has 4 aromatic rings. The van der Waals surface area contributed by atoms with Crippen molar-refractivity contribution >= 4 is 28.1 Å². The quantitative estimate of drug-likeness (QED) is 0.408. The molecular weight excluding hydrogens is 328 g/mol. The van der Waals surface area contributed by atoms with Crippen LogP contribution in [0.1, 0.15) is 27.3 Å². The highest BCUT2D eigenvalue weighted by Crippen LogP contribution is 2.18. The van der Waals surface area contributed by atoms with Gasteiger partial charge in [0.05, 0.1) is 11.0 Å². The van der Waals surface area contributed by atoms with Gasteiger partial charge in [0.15, 0.2) is 28.5 Å². The predicted molar refractivity (Wildman–Crippen MR) is 91.9 cm³/mol. The van der Waals surface area contributed by atoms with Gasteiger partial charge >= 0.3 is 0 Å². The average Bonchev–Trinajstić information content (AvgIpc) is 2.70. The number of fused-ring (bicyclic) bond motifs is 2. The van der Waals surface area contributed by atoms with Crippen molar-refractivity contribution in [3.63, 3.8) is 0 Å². The van der Waals surface area contributed by atoms with E-state index in [1.807, 2.05) is 18.2 Å². The van der Waals surface area contributed by atoms with Gasteiger partial charge < -0.3 is 0 Å². The largest absolute Gasteiger partial charge is 0.289 e. The van der Waals surface area contributed by atoms with Gasteiger partial charge in [0, 0.05) is 11.1 Å². The zero-order valence-corrected chi connectivity index (χ0v) is 13.2. The third-order valence-electron chi connectivity index (χ3n) is 3.80. The molecule has 0 N–H and O–H groups in total. The van der Waals surface area contributed by atoms with Crippen LogP contribution in [0.4, 0.5) is 0 Å². The van der Waals surface area contributed by atoms with Crippen LogP contribution in [0.25, 0.3) is 22.3 Å². The molecule has 0 bridgehead atoms. The second kappa shape index (κ2) is 6.00. The Morgan fingerprint density at radius 3 is 1.96 bits per heavy atom. The Kier molecular flexibility index (Phi) is 3.53. The zero-order valence-electron chi connectivity index (χ0n) is 13.2. The van der Waals surface area contributed by atoms with Gasteiger partial charge in [-0.25, -0.2) is 19.9 Å². The summed E-state index contributed by atoms with van der Waals surface area (Å²) in [6.07, 6.45) is 0. The van der Waals surface area contributed by atoms with E-state index in [1.165, 1.54) is 0 Å². The molecule has 0 unspecified atom stereocenters. The van der Waals surface area contributed by atoms with Crippen molar-refractivity contribution < 1.29 is 4.79 Å². The maximum atomic E-state index is 12.6. The number of carbonyl (C=O) groups is 1. The summed E-state index contributed by atoms with van der Waals surface area (Å²) in [5.41, 5.74) is 2.15. The third kappa shape index (κ3) is 2.50. The number of hydrogen-bond donors (Lipinski definition) is 0. The second-order valence-electron chi connectivity index (χ2n) is 5.41. The fourth-order valence-electron chi connectivity index (χ4n) is 2.56.